The van der Waals surface area contributed by atoms with E-state index >= 15 is 0 Å². The van der Waals surface area contributed by atoms with Crippen LogP contribution in [0.1, 0.15) is 21.6 Å². The van der Waals surface area contributed by atoms with Crippen LogP contribution in [-0.2, 0) is 7.05 Å². The molecule has 0 aliphatic rings. The van der Waals surface area contributed by atoms with Crippen LogP contribution in [0.25, 0.3) is 11.3 Å². The van der Waals surface area contributed by atoms with Gasteiger partial charge in [0.05, 0.1) is 11.9 Å². The molecule has 5 aromatic rings. The molecule has 0 spiro atoms. The third-order valence-corrected chi connectivity index (χ3v) is 5.94. The smallest absolute Gasteiger partial charge is 0.335 e. The Morgan fingerprint density at radius 2 is 1.76 bits per heavy atom. The number of halogens is 2. The summed E-state index contributed by atoms with van der Waals surface area (Å²) in [5, 5.41) is 6.63. The lowest BCUT2D eigenvalue weighted by molar-refractivity contribution is 0.102. The molecule has 12 heteroatoms. The van der Waals surface area contributed by atoms with E-state index in [1.807, 2.05) is 0 Å². The van der Waals surface area contributed by atoms with Crippen molar-refractivity contribution in [3.05, 3.63) is 110 Å². The molecule has 2 aromatic carbocycles. The molecule has 192 valence electrons. The predicted molar refractivity (Wildman–Crippen MR) is 134 cm³/mol. The second kappa shape index (κ2) is 9.39. The van der Waals surface area contributed by atoms with Crippen molar-refractivity contribution in [3.63, 3.8) is 0 Å². The van der Waals surface area contributed by atoms with E-state index < -0.39 is 28.8 Å². The molecule has 0 bridgehead atoms. The normalized spacial score (nSPS) is 11.1. The highest BCUT2D eigenvalue weighted by Gasteiger charge is 2.19. The number of nitrogens with one attached hydrogen (secondary N) is 1. The number of ether oxygens (including phenoxy) is 1. The molecule has 0 unspecified atom stereocenters. The Labute approximate surface area is 213 Å². The van der Waals surface area contributed by atoms with Crippen LogP contribution in [0.2, 0.25) is 0 Å². The van der Waals surface area contributed by atoms with Crippen molar-refractivity contribution in [1.29, 1.82) is 0 Å². The largest absolute Gasteiger partial charge is 0.435 e. The SMILES string of the molecule is Cc1nc2ccnn2c(Oc2ccc(NC(=O)c3cn(C)c(=O)n(-c4ccc(F)cc4)c3=O)cc2F)c1C. The second-order valence-corrected chi connectivity index (χ2v) is 8.48. The third-order valence-electron chi connectivity index (χ3n) is 5.94. The first-order valence-electron chi connectivity index (χ1n) is 11.3. The number of aryl methyl sites for hydroxylation is 2. The van der Waals surface area contributed by atoms with Gasteiger partial charge in [0, 0.05) is 42.3 Å². The topological polar surface area (TPSA) is 113 Å². The van der Waals surface area contributed by atoms with E-state index in [2.05, 4.69) is 15.4 Å². The van der Waals surface area contributed by atoms with Gasteiger partial charge in [-0.3, -0.25) is 9.59 Å². The van der Waals surface area contributed by atoms with Crippen LogP contribution in [-0.4, -0.2) is 29.6 Å². The van der Waals surface area contributed by atoms with Crippen LogP contribution in [0.5, 0.6) is 11.6 Å². The molecule has 0 aliphatic heterocycles. The van der Waals surface area contributed by atoms with Crippen LogP contribution in [0.15, 0.2) is 70.5 Å². The number of benzene rings is 2. The minimum Gasteiger partial charge on any atom is -0.435 e. The Bertz CT molecular complexity index is 1840. The van der Waals surface area contributed by atoms with E-state index in [4.69, 9.17) is 4.74 Å². The van der Waals surface area contributed by atoms with Crippen LogP contribution in [0.4, 0.5) is 14.5 Å². The Balaban J connectivity index is 1.44. The third kappa shape index (κ3) is 4.32. The summed E-state index contributed by atoms with van der Waals surface area (Å²) in [6.45, 7) is 3.57. The van der Waals surface area contributed by atoms with Crippen molar-refractivity contribution in [3.8, 4) is 17.3 Å². The Hall–Kier alpha value is -5.13. The maximum atomic E-state index is 15.0. The molecule has 3 aromatic heterocycles. The first-order chi connectivity index (χ1) is 18.1. The fourth-order valence-corrected chi connectivity index (χ4v) is 3.83. The zero-order chi connectivity index (χ0) is 27.1. The lowest BCUT2D eigenvalue weighted by Gasteiger charge is -2.14. The fourth-order valence-electron chi connectivity index (χ4n) is 3.83. The minimum absolute atomic E-state index is 0.0494. The van der Waals surface area contributed by atoms with Gasteiger partial charge in [-0.1, -0.05) is 0 Å². The number of amides is 1. The quantitative estimate of drug-likeness (QED) is 0.381. The summed E-state index contributed by atoms with van der Waals surface area (Å²) in [6, 6.07) is 10.1. The molecule has 38 heavy (non-hydrogen) atoms. The highest BCUT2D eigenvalue weighted by Crippen LogP contribution is 2.30. The molecule has 5 rings (SSSR count). The summed E-state index contributed by atoms with van der Waals surface area (Å²) in [6.07, 6.45) is 2.63. The van der Waals surface area contributed by atoms with Gasteiger partial charge in [0.25, 0.3) is 11.5 Å². The van der Waals surface area contributed by atoms with Gasteiger partial charge in [-0.2, -0.15) is 9.61 Å². The molecule has 10 nitrogen and oxygen atoms in total. The molecule has 0 aliphatic carbocycles. The standard InChI is InChI=1S/C26H20F2N6O4/c1-14-15(2)30-22-10-11-29-34(22)25(14)38-21-9-6-17(12-20(21)28)31-23(35)19-13-32(3)26(37)33(24(19)36)18-7-4-16(27)5-8-18/h4-13H,1-3H3,(H,31,35). The first-order valence-corrected chi connectivity index (χ1v) is 11.3. The van der Waals surface area contributed by atoms with Crippen LogP contribution >= 0.6 is 0 Å². The number of anilines is 1. The molecule has 1 amide bonds. The number of aromatic nitrogens is 5. The van der Waals surface area contributed by atoms with Crippen LogP contribution in [0, 0.1) is 25.5 Å². The average molecular weight is 518 g/mol. The number of carbonyl (C=O) groups excluding carboxylic acids is 1. The zero-order valence-electron chi connectivity index (χ0n) is 20.4. The van der Waals surface area contributed by atoms with Gasteiger partial charge in [0.15, 0.2) is 17.2 Å². The first kappa shape index (κ1) is 24.6. The van der Waals surface area contributed by atoms with Gasteiger partial charge in [-0.25, -0.2) is 23.1 Å². The highest BCUT2D eigenvalue weighted by atomic mass is 19.1. The Kier molecular flexibility index (Phi) is 6.07. The molecule has 0 saturated carbocycles. The fraction of sp³-hybridized carbons (Fsp3) is 0.115. The summed E-state index contributed by atoms with van der Waals surface area (Å²) < 4.78 is 37.4. The second-order valence-electron chi connectivity index (χ2n) is 8.48. The molecule has 0 saturated heterocycles. The van der Waals surface area contributed by atoms with Crippen molar-refractivity contribution in [2.75, 3.05) is 5.32 Å². The monoisotopic (exact) mass is 518 g/mol. The van der Waals surface area contributed by atoms with Gasteiger partial charge < -0.3 is 14.6 Å². The van der Waals surface area contributed by atoms with E-state index in [0.29, 0.717) is 22.8 Å². The number of hydrogen-bond donors (Lipinski definition) is 1. The van der Waals surface area contributed by atoms with E-state index in [9.17, 15) is 23.2 Å². The molecule has 0 radical (unpaired) electrons. The predicted octanol–water partition coefficient (Wildman–Crippen LogP) is 3.52. The molecule has 0 atom stereocenters. The van der Waals surface area contributed by atoms with Gasteiger partial charge in [0.1, 0.15) is 11.4 Å². The maximum Gasteiger partial charge on any atom is 0.335 e. The van der Waals surface area contributed by atoms with E-state index in [-0.39, 0.29) is 22.7 Å². The van der Waals surface area contributed by atoms with Crippen molar-refractivity contribution < 1.29 is 18.3 Å². The molecular formula is C26H20F2N6O4. The van der Waals surface area contributed by atoms with Crippen LogP contribution < -0.4 is 21.3 Å². The summed E-state index contributed by atoms with van der Waals surface area (Å²) >= 11 is 0. The molecule has 3 heterocycles. The van der Waals surface area contributed by atoms with Crippen molar-refractivity contribution in [2.45, 2.75) is 13.8 Å². The number of rotatable bonds is 5. The number of nitrogens with zero attached hydrogens (tertiary/aromatic N) is 5. The van der Waals surface area contributed by atoms with Crippen molar-refractivity contribution >= 4 is 17.2 Å². The summed E-state index contributed by atoms with van der Waals surface area (Å²) in [7, 11) is 1.36. The summed E-state index contributed by atoms with van der Waals surface area (Å²) in [4.78, 5) is 42.9. The van der Waals surface area contributed by atoms with E-state index in [1.165, 1.54) is 35.8 Å². The average Bonchev–Trinajstić information content (AvgIpc) is 3.34. The zero-order valence-corrected chi connectivity index (χ0v) is 20.4. The number of hydrogen-bond acceptors (Lipinski definition) is 6. The molecular weight excluding hydrogens is 498 g/mol. The summed E-state index contributed by atoms with van der Waals surface area (Å²) in [5.41, 5.74) is 0.0338. The molecule has 0 fully saturated rings. The maximum absolute atomic E-state index is 15.0. The van der Waals surface area contributed by atoms with Gasteiger partial charge >= 0.3 is 5.69 Å². The number of fused-ring (bicyclic) bond motifs is 1. The van der Waals surface area contributed by atoms with Gasteiger partial charge in [0.2, 0.25) is 5.88 Å². The van der Waals surface area contributed by atoms with Gasteiger partial charge in [-0.05, 0) is 50.2 Å². The minimum atomic E-state index is -0.913. The van der Waals surface area contributed by atoms with Crippen molar-refractivity contribution in [1.82, 2.24) is 23.7 Å². The highest BCUT2D eigenvalue weighted by molar-refractivity contribution is 6.03. The lowest BCUT2D eigenvalue weighted by Crippen LogP contribution is -2.41. The van der Waals surface area contributed by atoms with Gasteiger partial charge in [-0.15, -0.1) is 0 Å². The number of carbonyl (C=O) groups is 1. The lowest BCUT2D eigenvalue weighted by atomic mass is 10.2. The Morgan fingerprint density at radius 1 is 1.03 bits per heavy atom. The van der Waals surface area contributed by atoms with E-state index in [1.54, 1.807) is 26.1 Å². The summed E-state index contributed by atoms with van der Waals surface area (Å²) in [5.74, 6) is -2.02. The van der Waals surface area contributed by atoms with Crippen molar-refractivity contribution in [2.24, 2.45) is 7.05 Å². The molecule has 1 N–H and O–H groups in total. The Morgan fingerprint density at radius 3 is 2.47 bits per heavy atom. The van der Waals surface area contributed by atoms with E-state index in [0.717, 1.165) is 33.5 Å². The van der Waals surface area contributed by atoms with Crippen LogP contribution in [0.3, 0.4) is 0 Å².